The van der Waals surface area contributed by atoms with Crippen LogP contribution in [0.2, 0.25) is 0 Å². The number of aromatic hydroxyl groups is 1. The molecule has 0 aliphatic carbocycles. The Labute approximate surface area is 182 Å². The quantitative estimate of drug-likeness (QED) is 0.431. The van der Waals surface area contributed by atoms with Crippen molar-refractivity contribution in [2.45, 2.75) is 102 Å². The summed E-state index contributed by atoms with van der Waals surface area (Å²) in [7, 11) is 0. The van der Waals surface area contributed by atoms with Crippen LogP contribution >= 0.6 is 11.8 Å². The second-order valence-corrected chi connectivity index (χ2v) is 10.3. The Kier molecular flexibility index (Phi) is 8.51. The van der Waals surface area contributed by atoms with Crippen LogP contribution in [0.4, 0.5) is 0 Å². The summed E-state index contributed by atoms with van der Waals surface area (Å²) >= 11 is 1.76. The van der Waals surface area contributed by atoms with E-state index >= 15 is 0 Å². The molecule has 29 heavy (non-hydrogen) atoms. The minimum Gasteiger partial charge on any atom is -0.507 e. The standard InChI is InChI=1S/C25H41NO2S/c1-7-24(5,8-2)20-17-19(18-21(23(20)28)25(6,9-3)10-4)29-16-13-22(27)26-14-11-12-15-26/h17-18,28H,7-16H2,1-6H3. The number of phenols is 1. The van der Waals surface area contributed by atoms with Gasteiger partial charge in [-0.25, -0.2) is 0 Å². The van der Waals surface area contributed by atoms with E-state index in [0.29, 0.717) is 12.2 Å². The average Bonchev–Trinajstić information content (AvgIpc) is 3.28. The second-order valence-electron chi connectivity index (χ2n) is 9.09. The Morgan fingerprint density at radius 3 is 1.83 bits per heavy atom. The van der Waals surface area contributed by atoms with Crippen LogP contribution < -0.4 is 0 Å². The molecule has 1 aliphatic heterocycles. The van der Waals surface area contributed by atoms with Gasteiger partial charge in [0.15, 0.2) is 0 Å². The highest BCUT2D eigenvalue weighted by atomic mass is 32.2. The molecule has 1 heterocycles. The van der Waals surface area contributed by atoms with Gasteiger partial charge in [-0.2, -0.15) is 0 Å². The van der Waals surface area contributed by atoms with Gasteiger partial charge in [-0.05, 0) is 61.5 Å². The van der Waals surface area contributed by atoms with Crippen LogP contribution in [0.3, 0.4) is 0 Å². The molecule has 1 aromatic carbocycles. The van der Waals surface area contributed by atoms with Crippen LogP contribution in [0.15, 0.2) is 17.0 Å². The maximum atomic E-state index is 12.4. The SMILES string of the molecule is CCC(C)(CC)c1cc(SCCC(=O)N2CCCC2)cc(C(C)(CC)CC)c1O. The third kappa shape index (κ3) is 5.31. The van der Waals surface area contributed by atoms with Crippen molar-refractivity contribution in [3.05, 3.63) is 23.3 Å². The summed E-state index contributed by atoms with van der Waals surface area (Å²) in [6, 6.07) is 4.37. The molecule has 1 N–H and O–H groups in total. The number of rotatable bonds is 10. The lowest BCUT2D eigenvalue weighted by atomic mass is 9.72. The monoisotopic (exact) mass is 419 g/mol. The summed E-state index contributed by atoms with van der Waals surface area (Å²) < 4.78 is 0. The second kappa shape index (κ2) is 10.2. The lowest BCUT2D eigenvalue weighted by Crippen LogP contribution is -2.27. The fraction of sp³-hybridized carbons (Fsp3) is 0.720. The van der Waals surface area contributed by atoms with Gasteiger partial charge >= 0.3 is 0 Å². The minimum absolute atomic E-state index is 0.0385. The molecular weight excluding hydrogens is 378 g/mol. The van der Waals surface area contributed by atoms with Crippen molar-refractivity contribution in [3.63, 3.8) is 0 Å². The number of nitrogens with zero attached hydrogens (tertiary/aromatic N) is 1. The fourth-order valence-corrected chi connectivity index (χ4v) is 5.17. The van der Waals surface area contributed by atoms with Gasteiger partial charge in [-0.15, -0.1) is 11.8 Å². The molecule has 2 rings (SSSR count). The van der Waals surface area contributed by atoms with Gasteiger partial charge in [0.05, 0.1) is 0 Å². The fourth-order valence-electron chi connectivity index (χ4n) is 4.25. The molecule has 0 bridgehead atoms. The lowest BCUT2D eigenvalue weighted by Gasteiger charge is -2.34. The van der Waals surface area contributed by atoms with E-state index in [1.807, 2.05) is 4.90 Å². The van der Waals surface area contributed by atoms with Gasteiger partial charge in [0.25, 0.3) is 0 Å². The Morgan fingerprint density at radius 1 is 0.966 bits per heavy atom. The van der Waals surface area contributed by atoms with Gasteiger partial charge < -0.3 is 10.0 Å². The topological polar surface area (TPSA) is 40.5 Å². The normalized spacial score (nSPS) is 15.2. The van der Waals surface area contributed by atoms with E-state index in [1.54, 1.807) is 11.8 Å². The number of benzene rings is 1. The lowest BCUT2D eigenvalue weighted by molar-refractivity contribution is -0.129. The van der Waals surface area contributed by atoms with Crippen LogP contribution in [0.5, 0.6) is 5.75 Å². The minimum atomic E-state index is -0.0385. The summed E-state index contributed by atoms with van der Waals surface area (Å²) in [5, 5.41) is 11.3. The number of amides is 1. The molecular formula is C25H41NO2S. The maximum Gasteiger partial charge on any atom is 0.223 e. The van der Waals surface area contributed by atoms with Crippen molar-refractivity contribution in [1.82, 2.24) is 4.90 Å². The van der Waals surface area contributed by atoms with Crippen molar-refractivity contribution < 1.29 is 9.90 Å². The van der Waals surface area contributed by atoms with Crippen molar-refractivity contribution in [1.29, 1.82) is 0 Å². The van der Waals surface area contributed by atoms with E-state index in [9.17, 15) is 9.90 Å². The summed E-state index contributed by atoms with van der Waals surface area (Å²) in [4.78, 5) is 15.6. The summed E-state index contributed by atoms with van der Waals surface area (Å²) in [5.41, 5.74) is 2.06. The van der Waals surface area contributed by atoms with Crippen LogP contribution in [0.1, 0.15) is 97.6 Å². The third-order valence-corrected chi connectivity index (χ3v) is 8.53. The smallest absolute Gasteiger partial charge is 0.223 e. The molecule has 1 aromatic rings. The van der Waals surface area contributed by atoms with E-state index < -0.39 is 0 Å². The van der Waals surface area contributed by atoms with Crippen molar-refractivity contribution in [2.24, 2.45) is 0 Å². The zero-order valence-electron chi connectivity index (χ0n) is 19.4. The van der Waals surface area contributed by atoms with Gasteiger partial charge in [-0.3, -0.25) is 4.79 Å². The van der Waals surface area contributed by atoms with Crippen LogP contribution in [0, 0.1) is 0 Å². The Balaban J connectivity index is 2.32. The molecule has 0 aromatic heterocycles. The van der Waals surface area contributed by atoms with E-state index in [1.165, 1.54) is 4.90 Å². The molecule has 0 unspecified atom stereocenters. The Morgan fingerprint density at radius 2 is 1.41 bits per heavy atom. The first-order chi connectivity index (χ1) is 13.7. The van der Waals surface area contributed by atoms with E-state index in [4.69, 9.17) is 0 Å². The molecule has 0 atom stereocenters. The average molecular weight is 420 g/mol. The number of phenolic OH excluding ortho intramolecular Hbond substituents is 1. The molecule has 0 radical (unpaired) electrons. The zero-order chi connectivity index (χ0) is 21.7. The molecule has 0 saturated carbocycles. The maximum absolute atomic E-state index is 12.4. The highest BCUT2D eigenvalue weighted by molar-refractivity contribution is 7.99. The van der Waals surface area contributed by atoms with Crippen molar-refractivity contribution >= 4 is 17.7 Å². The van der Waals surface area contributed by atoms with E-state index in [0.717, 1.165) is 68.5 Å². The van der Waals surface area contributed by atoms with Gasteiger partial charge in [0, 0.05) is 41.3 Å². The molecule has 1 amide bonds. The number of hydrogen-bond acceptors (Lipinski definition) is 3. The Hall–Kier alpha value is -1.16. The molecule has 164 valence electrons. The molecule has 1 aliphatic rings. The van der Waals surface area contributed by atoms with Gasteiger partial charge in [-0.1, -0.05) is 41.5 Å². The molecule has 3 nitrogen and oxygen atoms in total. The first kappa shape index (κ1) is 24.1. The molecule has 4 heteroatoms. The highest BCUT2D eigenvalue weighted by Gasteiger charge is 2.33. The van der Waals surface area contributed by atoms with Crippen molar-refractivity contribution in [2.75, 3.05) is 18.8 Å². The Bertz CT molecular complexity index is 647. The summed E-state index contributed by atoms with van der Waals surface area (Å²) in [6.45, 7) is 15.2. The highest BCUT2D eigenvalue weighted by Crippen LogP contribution is 2.46. The number of hydrogen-bond donors (Lipinski definition) is 1. The van der Waals surface area contributed by atoms with Gasteiger partial charge in [0.2, 0.25) is 5.91 Å². The molecule has 1 saturated heterocycles. The number of likely N-dealkylation sites (tertiary alicyclic amines) is 1. The largest absolute Gasteiger partial charge is 0.507 e. The van der Waals surface area contributed by atoms with Crippen LogP contribution in [-0.2, 0) is 15.6 Å². The first-order valence-corrected chi connectivity index (χ1v) is 12.5. The predicted octanol–water partition coefficient (Wildman–Crippen LogP) is 6.65. The molecule has 0 spiro atoms. The van der Waals surface area contributed by atoms with Crippen LogP contribution in [0.25, 0.3) is 0 Å². The molecule has 1 fully saturated rings. The predicted molar refractivity (Wildman–Crippen MR) is 125 cm³/mol. The van der Waals surface area contributed by atoms with E-state index in [-0.39, 0.29) is 16.7 Å². The summed E-state index contributed by atoms with van der Waals surface area (Å²) in [6.07, 6.45) is 6.85. The van der Waals surface area contributed by atoms with E-state index in [2.05, 4.69) is 53.7 Å². The van der Waals surface area contributed by atoms with Crippen molar-refractivity contribution in [3.8, 4) is 5.75 Å². The third-order valence-electron chi connectivity index (χ3n) is 7.55. The number of carbonyl (C=O) groups excluding carboxylic acids is 1. The first-order valence-electron chi connectivity index (χ1n) is 11.5. The summed E-state index contributed by atoms with van der Waals surface area (Å²) in [5.74, 6) is 1.57. The number of thioether (sulfide) groups is 1. The van der Waals surface area contributed by atoms with Gasteiger partial charge in [0.1, 0.15) is 5.75 Å². The zero-order valence-corrected chi connectivity index (χ0v) is 20.3. The number of carbonyl (C=O) groups is 1. The van der Waals surface area contributed by atoms with Crippen LogP contribution in [-0.4, -0.2) is 34.8 Å².